The minimum Gasteiger partial charge on any atom is -0.497 e. The van der Waals surface area contributed by atoms with Crippen LogP contribution in [0.5, 0.6) is 5.75 Å². The van der Waals surface area contributed by atoms with Crippen LogP contribution in [0, 0.1) is 0 Å². The second-order valence-electron chi connectivity index (χ2n) is 5.31. The van der Waals surface area contributed by atoms with E-state index in [-0.39, 0.29) is 12.0 Å². The van der Waals surface area contributed by atoms with Crippen LogP contribution in [0.3, 0.4) is 0 Å². The van der Waals surface area contributed by atoms with E-state index in [0.29, 0.717) is 19.7 Å². The van der Waals surface area contributed by atoms with Crippen molar-refractivity contribution in [2.45, 2.75) is 12.5 Å². The van der Waals surface area contributed by atoms with Gasteiger partial charge in [0.25, 0.3) is 5.91 Å². The lowest BCUT2D eigenvalue weighted by Crippen LogP contribution is -2.46. The molecule has 1 saturated heterocycles. The first-order valence-electron chi connectivity index (χ1n) is 7.32. The van der Waals surface area contributed by atoms with Gasteiger partial charge in [0.1, 0.15) is 5.75 Å². The van der Waals surface area contributed by atoms with Crippen LogP contribution in [-0.4, -0.2) is 43.7 Å². The Bertz CT molecular complexity index is 609. The minimum atomic E-state index is 0.0460. The maximum absolute atomic E-state index is 12.4. The number of rotatable bonds is 4. The van der Waals surface area contributed by atoms with Crippen LogP contribution in [0.25, 0.3) is 0 Å². The normalized spacial score (nSPS) is 18.2. The number of hydrogen-bond donors (Lipinski definition) is 0. The van der Waals surface area contributed by atoms with Crippen LogP contribution in [0.1, 0.15) is 15.9 Å². The monoisotopic (exact) mass is 317 g/mol. The molecule has 1 aromatic carbocycles. The van der Waals surface area contributed by atoms with Crippen molar-refractivity contribution in [1.29, 1.82) is 0 Å². The fraction of sp³-hybridized carbons (Fsp3) is 0.353. The third-order valence-corrected chi connectivity index (χ3v) is 4.50. The molecule has 0 spiro atoms. The van der Waals surface area contributed by atoms with Crippen LogP contribution < -0.4 is 4.74 Å². The van der Waals surface area contributed by atoms with E-state index in [2.05, 4.69) is 0 Å². The number of hydrogen-bond acceptors (Lipinski definition) is 4. The molecule has 0 aliphatic carbocycles. The highest BCUT2D eigenvalue weighted by atomic mass is 32.1. The van der Waals surface area contributed by atoms with Gasteiger partial charge in [-0.15, -0.1) is 0 Å². The van der Waals surface area contributed by atoms with Crippen molar-refractivity contribution in [3.8, 4) is 5.75 Å². The summed E-state index contributed by atoms with van der Waals surface area (Å²) >= 11 is 1.55. The number of methoxy groups -OCH3 is 1. The Morgan fingerprint density at radius 2 is 2.18 bits per heavy atom. The number of amides is 1. The van der Waals surface area contributed by atoms with Crippen molar-refractivity contribution >= 4 is 17.2 Å². The smallest absolute Gasteiger partial charge is 0.254 e. The molecule has 1 fully saturated rings. The molecular weight excluding hydrogens is 298 g/mol. The van der Waals surface area contributed by atoms with E-state index in [4.69, 9.17) is 9.47 Å². The quantitative estimate of drug-likeness (QED) is 0.870. The molecule has 0 unspecified atom stereocenters. The van der Waals surface area contributed by atoms with Crippen molar-refractivity contribution in [1.82, 2.24) is 4.90 Å². The van der Waals surface area contributed by atoms with Crippen molar-refractivity contribution in [2.24, 2.45) is 0 Å². The van der Waals surface area contributed by atoms with Gasteiger partial charge in [0, 0.05) is 24.9 Å². The lowest BCUT2D eigenvalue weighted by atomic mass is 10.1. The maximum Gasteiger partial charge on any atom is 0.254 e. The highest BCUT2D eigenvalue weighted by molar-refractivity contribution is 7.08. The van der Waals surface area contributed by atoms with Gasteiger partial charge >= 0.3 is 0 Å². The highest BCUT2D eigenvalue weighted by Crippen LogP contribution is 2.17. The van der Waals surface area contributed by atoms with E-state index >= 15 is 0 Å². The number of carbonyl (C=O) groups excluding carboxylic acids is 1. The average Bonchev–Trinajstić information content (AvgIpc) is 3.09. The van der Waals surface area contributed by atoms with Crippen LogP contribution in [0.4, 0.5) is 0 Å². The molecular formula is C17H19NO3S. The molecule has 4 nitrogen and oxygen atoms in total. The van der Waals surface area contributed by atoms with Gasteiger partial charge in [-0.3, -0.25) is 4.79 Å². The third-order valence-electron chi connectivity index (χ3n) is 3.82. The molecule has 0 saturated carbocycles. The molecule has 0 radical (unpaired) electrons. The summed E-state index contributed by atoms with van der Waals surface area (Å²) < 4.78 is 11.0. The van der Waals surface area contributed by atoms with Crippen molar-refractivity contribution in [2.75, 3.05) is 26.8 Å². The topological polar surface area (TPSA) is 38.8 Å². The van der Waals surface area contributed by atoms with Crippen LogP contribution in [0.2, 0.25) is 0 Å². The van der Waals surface area contributed by atoms with Gasteiger partial charge in [-0.1, -0.05) is 12.1 Å². The highest BCUT2D eigenvalue weighted by Gasteiger charge is 2.25. The number of nitrogens with zero attached hydrogens (tertiary/aromatic N) is 1. The van der Waals surface area contributed by atoms with E-state index in [0.717, 1.165) is 17.7 Å². The summed E-state index contributed by atoms with van der Waals surface area (Å²) in [5, 5.41) is 3.83. The van der Waals surface area contributed by atoms with Gasteiger partial charge in [-0.05, 0) is 29.1 Å². The summed E-state index contributed by atoms with van der Waals surface area (Å²) in [6, 6.07) is 9.86. The van der Waals surface area contributed by atoms with E-state index in [1.807, 2.05) is 46.0 Å². The molecule has 2 heterocycles. The standard InChI is InChI=1S/C17H19NO3S/c1-20-15-4-2-13(3-5-15)10-16-11-18(7-8-21-16)17(19)14-6-9-22-12-14/h2-6,9,12,16H,7-8,10-11H2,1H3/t16-/m0/s1. The Morgan fingerprint density at radius 1 is 1.36 bits per heavy atom. The number of benzene rings is 1. The first-order chi connectivity index (χ1) is 10.8. The van der Waals surface area contributed by atoms with Crippen molar-refractivity contribution < 1.29 is 14.3 Å². The predicted octanol–water partition coefficient (Wildman–Crippen LogP) is 2.84. The fourth-order valence-corrected chi connectivity index (χ4v) is 3.25. The number of morpholine rings is 1. The first kappa shape index (κ1) is 15.1. The van der Waals surface area contributed by atoms with E-state index in [9.17, 15) is 4.79 Å². The summed E-state index contributed by atoms with van der Waals surface area (Å²) in [7, 11) is 1.66. The van der Waals surface area contributed by atoms with Crippen molar-refractivity contribution in [3.05, 3.63) is 52.2 Å². The number of ether oxygens (including phenoxy) is 2. The summed E-state index contributed by atoms with van der Waals surface area (Å²) in [6.45, 7) is 1.89. The summed E-state index contributed by atoms with van der Waals surface area (Å²) in [5.74, 6) is 0.951. The maximum atomic E-state index is 12.4. The second kappa shape index (κ2) is 6.94. The molecule has 2 aromatic rings. The Kier molecular flexibility index (Phi) is 4.75. The summed E-state index contributed by atoms with van der Waals surface area (Å²) in [4.78, 5) is 14.3. The molecule has 0 N–H and O–H groups in total. The third kappa shape index (κ3) is 3.48. The second-order valence-corrected chi connectivity index (χ2v) is 6.09. The van der Waals surface area contributed by atoms with Gasteiger partial charge in [0.05, 0.1) is 25.4 Å². The van der Waals surface area contributed by atoms with Gasteiger partial charge in [-0.2, -0.15) is 11.3 Å². The molecule has 116 valence electrons. The number of carbonyl (C=O) groups is 1. The lowest BCUT2D eigenvalue weighted by Gasteiger charge is -2.33. The first-order valence-corrected chi connectivity index (χ1v) is 8.26. The minimum absolute atomic E-state index is 0.0460. The fourth-order valence-electron chi connectivity index (χ4n) is 2.62. The SMILES string of the molecule is COc1ccc(C[C@H]2CN(C(=O)c3ccsc3)CCO2)cc1. The molecule has 22 heavy (non-hydrogen) atoms. The zero-order chi connectivity index (χ0) is 15.4. The van der Waals surface area contributed by atoms with Gasteiger partial charge in [0.15, 0.2) is 0 Å². The van der Waals surface area contributed by atoms with Gasteiger partial charge in [-0.25, -0.2) is 0 Å². The zero-order valence-electron chi connectivity index (χ0n) is 12.5. The van der Waals surface area contributed by atoms with E-state index in [1.165, 1.54) is 5.56 Å². The largest absolute Gasteiger partial charge is 0.497 e. The average molecular weight is 317 g/mol. The van der Waals surface area contributed by atoms with Crippen LogP contribution >= 0.6 is 11.3 Å². The molecule has 3 rings (SSSR count). The van der Waals surface area contributed by atoms with Gasteiger partial charge < -0.3 is 14.4 Å². The molecule has 1 atom stereocenters. The Balaban J connectivity index is 1.61. The van der Waals surface area contributed by atoms with Crippen LogP contribution in [-0.2, 0) is 11.2 Å². The predicted molar refractivity (Wildman–Crippen MR) is 86.7 cm³/mol. The lowest BCUT2D eigenvalue weighted by molar-refractivity contribution is -0.0208. The van der Waals surface area contributed by atoms with Crippen molar-refractivity contribution in [3.63, 3.8) is 0 Å². The Morgan fingerprint density at radius 3 is 2.86 bits per heavy atom. The molecule has 1 aliphatic heterocycles. The Labute approximate surface area is 134 Å². The molecule has 5 heteroatoms. The van der Waals surface area contributed by atoms with Gasteiger partial charge in [0.2, 0.25) is 0 Å². The van der Waals surface area contributed by atoms with E-state index < -0.39 is 0 Å². The number of thiophene rings is 1. The van der Waals surface area contributed by atoms with E-state index in [1.54, 1.807) is 18.4 Å². The zero-order valence-corrected chi connectivity index (χ0v) is 13.3. The molecule has 0 bridgehead atoms. The molecule has 1 aliphatic rings. The summed E-state index contributed by atoms with van der Waals surface area (Å²) in [5.41, 5.74) is 1.96. The summed E-state index contributed by atoms with van der Waals surface area (Å²) in [6.07, 6.45) is 0.849. The molecule has 1 aromatic heterocycles. The molecule has 1 amide bonds. The van der Waals surface area contributed by atoms with Crippen LogP contribution in [0.15, 0.2) is 41.1 Å². The Hall–Kier alpha value is -1.85.